The highest BCUT2D eigenvalue weighted by molar-refractivity contribution is 5.71. The van der Waals surface area contributed by atoms with Gasteiger partial charge in [-0.15, -0.1) is 0 Å². The molecule has 2 aliphatic heterocycles. The molecule has 7 nitrogen and oxygen atoms in total. The van der Waals surface area contributed by atoms with E-state index in [-0.39, 0.29) is 30.9 Å². The summed E-state index contributed by atoms with van der Waals surface area (Å²) < 4.78 is 16.5. The number of nitrogens with zero attached hydrogens (tertiary/aromatic N) is 2. The fourth-order valence-electron chi connectivity index (χ4n) is 3.24. The molecule has 1 aromatic rings. The summed E-state index contributed by atoms with van der Waals surface area (Å²) in [5.74, 6) is 0. The molecular weight excluding hydrogens is 336 g/mol. The minimum Gasteiger partial charge on any atom is -0.445 e. The van der Waals surface area contributed by atoms with Crippen LogP contribution in [0.5, 0.6) is 0 Å². The molecule has 0 aromatic heterocycles. The number of benzene rings is 1. The second kappa shape index (κ2) is 7.53. The molecule has 0 N–H and O–H groups in total. The minimum atomic E-state index is -0.558. The Hall–Kier alpha value is -2.28. The van der Waals surface area contributed by atoms with Crippen LogP contribution in [0.4, 0.5) is 9.59 Å². The highest BCUT2D eigenvalue weighted by Gasteiger charge is 2.44. The zero-order valence-corrected chi connectivity index (χ0v) is 15.5. The molecule has 2 fully saturated rings. The van der Waals surface area contributed by atoms with Crippen molar-refractivity contribution in [1.82, 2.24) is 9.80 Å². The zero-order chi connectivity index (χ0) is 18.7. The van der Waals surface area contributed by atoms with Crippen LogP contribution in [0, 0.1) is 0 Å². The quantitative estimate of drug-likeness (QED) is 0.809. The number of hydrogen-bond donors (Lipinski definition) is 0. The van der Waals surface area contributed by atoms with Gasteiger partial charge in [0.15, 0.2) is 0 Å². The Morgan fingerprint density at radius 1 is 1.08 bits per heavy atom. The maximum Gasteiger partial charge on any atom is 0.411 e. The van der Waals surface area contributed by atoms with Crippen molar-refractivity contribution < 1.29 is 23.8 Å². The molecule has 2 amide bonds. The second-order valence-corrected chi connectivity index (χ2v) is 7.68. The molecular formula is C19H26N2O5. The van der Waals surface area contributed by atoms with E-state index in [1.165, 1.54) is 0 Å². The van der Waals surface area contributed by atoms with E-state index in [1.807, 2.05) is 51.1 Å². The number of piperazine rings is 1. The summed E-state index contributed by atoms with van der Waals surface area (Å²) in [6.07, 6.45) is -0.720. The monoisotopic (exact) mass is 362 g/mol. The summed E-state index contributed by atoms with van der Waals surface area (Å²) in [4.78, 5) is 28.3. The molecule has 7 heteroatoms. The number of carbonyl (C=O) groups excluding carboxylic acids is 2. The zero-order valence-electron chi connectivity index (χ0n) is 15.5. The summed E-state index contributed by atoms with van der Waals surface area (Å²) in [7, 11) is 0. The molecule has 3 rings (SSSR count). The van der Waals surface area contributed by atoms with Gasteiger partial charge in [0.2, 0.25) is 0 Å². The minimum absolute atomic E-state index is 0.221. The number of morpholine rings is 1. The Morgan fingerprint density at radius 3 is 2.27 bits per heavy atom. The van der Waals surface area contributed by atoms with Crippen molar-refractivity contribution >= 4 is 12.2 Å². The molecule has 0 saturated carbocycles. The SMILES string of the molecule is CC(C)(C)OC(=O)N1C2COCC1CN(C(=O)OCc1ccccc1)C2. The van der Waals surface area contributed by atoms with Crippen LogP contribution < -0.4 is 0 Å². The lowest BCUT2D eigenvalue weighted by atomic mass is 10.1. The van der Waals surface area contributed by atoms with Gasteiger partial charge in [-0.3, -0.25) is 4.90 Å². The number of ether oxygens (including phenoxy) is 3. The van der Waals surface area contributed by atoms with E-state index in [4.69, 9.17) is 14.2 Å². The lowest BCUT2D eigenvalue weighted by Crippen LogP contribution is -2.67. The average Bonchev–Trinajstić information content (AvgIpc) is 2.58. The summed E-state index contributed by atoms with van der Waals surface area (Å²) in [5, 5.41) is 0. The second-order valence-electron chi connectivity index (χ2n) is 7.68. The summed E-state index contributed by atoms with van der Waals surface area (Å²) >= 11 is 0. The molecule has 142 valence electrons. The van der Waals surface area contributed by atoms with Gasteiger partial charge in [0, 0.05) is 13.1 Å². The van der Waals surface area contributed by atoms with Crippen molar-refractivity contribution in [2.45, 2.75) is 45.1 Å². The highest BCUT2D eigenvalue weighted by Crippen LogP contribution is 2.24. The maximum atomic E-state index is 12.5. The van der Waals surface area contributed by atoms with Crippen LogP contribution in [-0.2, 0) is 20.8 Å². The average molecular weight is 362 g/mol. The first-order valence-electron chi connectivity index (χ1n) is 8.88. The largest absolute Gasteiger partial charge is 0.445 e. The first-order valence-corrected chi connectivity index (χ1v) is 8.88. The molecule has 0 aliphatic carbocycles. The topological polar surface area (TPSA) is 68.3 Å². The first kappa shape index (κ1) is 18.5. The normalized spacial score (nSPS) is 22.7. The van der Waals surface area contributed by atoms with Crippen LogP contribution >= 0.6 is 0 Å². The summed E-state index contributed by atoms with van der Waals surface area (Å²) in [6.45, 7) is 7.29. The molecule has 1 aromatic carbocycles. The van der Waals surface area contributed by atoms with Gasteiger partial charge >= 0.3 is 12.2 Å². The van der Waals surface area contributed by atoms with Crippen molar-refractivity contribution in [3.05, 3.63) is 35.9 Å². The molecule has 26 heavy (non-hydrogen) atoms. The Kier molecular flexibility index (Phi) is 5.36. The van der Waals surface area contributed by atoms with Crippen LogP contribution in [-0.4, -0.2) is 66.0 Å². The van der Waals surface area contributed by atoms with Crippen LogP contribution in [0.3, 0.4) is 0 Å². The van der Waals surface area contributed by atoms with Crippen LogP contribution in [0.15, 0.2) is 30.3 Å². The fraction of sp³-hybridized carbons (Fsp3) is 0.579. The summed E-state index contributed by atoms with van der Waals surface area (Å²) in [5.41, 5.74) is 0.384. The van der Waals surface area contributed by atoms with Gasteiger partial charge in [-0.2, -0.15) is 0 Å². The molecule has 2 aliphatic rings. The van der Waals surface area contributed by atoms with Gasteiger partial charge in [0.1, 0.15) is 12.2 Å². The van der Waals surface area contributed by atoms with E-state index in [1.54, 1.807) is 9.80 Å². The number of fused-ring (bicyclic) bond motifs is 2. The van der Waals surface area contributed by atoms with Gasteiger partial charge in [-0.1, -0.05) is 30.3 Å². The standard InChI is InChI=1S/C19H26N2O5/c1-19(2,3)26-18(23)21-15-9-20(10-16(21)13-24-12-15)17(22)25-11-14-7-5-4-6-8-14/h4-8,15-16H,9-13H2,1-3H3. The molecule has 0 radical (unpaired) electrons. The predicted octanol–water partition coefficient (Wildman–Crippen LogP) is 2.64. The smallest absolute Gasteiger partial charge is 0.411 e. The number of rotatable bonds is 2. The van der Waals surface area contributed by atoms with E-state index in [0.29, 0.717) is 26.3 Å². The molecule has 2 unspecified atom stereocenters. The molecule has 2 atom stereocenters. The predicted molar refractivity (Wildman–Crippen MR) is 94.7 cm³/mol. The van der Waals surface area contributed by atoms with E-state index in [2.05, 4.69) is 0 Å². The molecule has 2 bridgehead atoms. The molecule has 0 spiro atoms. The molecule has 2 saturated heterocycles. The lowest BCUT2D eigenvalue weighted by molar-refractivity contribution is -0.0944. The van der Waals surface area contributed by atoms with Gasteiger partial charge in [0.05, 0.1) is 25.3 Å². The van der Waals surface area contributed by atoms with Gasteiger partial charge < -0.3 is 19.1 Å². The van der Waals surface area contributed by atoms with E-state index in [0.717, 1.165) is 5.56 Å². The van der Waals surface area contributed by atoms with Gasteiger partial charge in [-0.05, 0) is 26.3 Å². The number of amides is 2. The Morgan fingerprint density at radius 2 is 1.69 bits per heavy atom. The third-order valence-corrected chi connectivity index (χ3v) is 4.34. The van der Waals surface area contributed by atoms with Gasteiger partial charge in [-0.25, -0.2) is 9.59 Å². The van der Waals surface area contributed by atoms with Crippen LogP contribution in [0.1, 0.15) is 26.3 Å². The highest BCUT2D eigenvalue weighted by atomic mass is 16.6. The first-order chi connectivity index (χ1) is 12.3. The van der Waals surface area contributed by atoms with E-state index in [9.17, 15) is 9.59 Å². The van der Waals surface area contributed by atoms with Crippen molar-refractivity contribution in [2.24, 2.45) is 0 Å². The molecule has 2 heterocycles. The van der Waals surface area contributed by atoms with Gasteiger partial charge in [0.25, 0.3) is 0 Å². The van der Waals surface area contributed by atoms with E-state index >= 15 is 0 Å². The van der Waals surface area contributed by atoms with Crippen molar-refractivity contribution in [1.29, 1.82) is 0 Å². The number of hydrogen-bond acceptors (Lipinski definition) is 5. The van der Waals surface area contributed by atoms with Crippen LogP contribution in [0.2, 0.25) is 0 Å². The van der Waals surface area contributed by atoms with Crippen LogP contribution in [0.25, 0.3) is 0 Å². The Bertz CT molecular complexity index is 629. The van der Waals surface area contributed by atoms with Crippen molar-refractivity contribution in [3.8, 4) is 0 Å². The Labute approximate surface area is 153 Å². The third kappa shape index (κ3) is 4.46. The fourth-order valence-corrected chi connectivity index (χ4v) is 3.24. The number of carbonyl (C=O) groups is 2. The maximum absolute atomic E-state index is 12.5. The summed E-state index contributed by atoms with van der Waals surface area (Å²) in [6, 6.07) is 9.12. The third-order valence-electron chi connectivity index (χ3n) is 4.34. The Balaban J connectivity index is 1.60. The van der Waals surface area contributed by atoms with Crippen molar-refractivity contribution in [3.63, 3.8) is 0 Å². The van der Waals surface area contributed by atoms with Crippen molar-refractivity contribution in [2.75, 3.05) is 26.3 Å². The van der Waals surface area contributed by atoms with E-state index < -0.39 is 5.60 Å². The lowest BCUT2D eigenvalue weighted by Gasteiger charge is -2.48.